The first-order valence-corrected chi connectivity index (χ1v) is 27.8. The van der Waals surface area contributed by atoms with Crippen molar-refractivity contribution in [3.8, 4) is 34.0 Å². The van der Waals surface area contributed by atoms with E-state index in [1.165, 1.54) is 44.5 Å². The summed E-state index contributed by atoms with van der Waals surface area (Å²) in [7, 11) is 0. The summed E-state index contributed by atoms with van der Waals surface area (Å²) in [6, 6.07) is 53.1. The first-order valence-electron chi connectivity index (χ1n) is 27.8. The van der Waals surface area contributed by atoms with Gasteiger partial charge >= 0.3 is 42.1 Å². The van der Waals surface area contributed by atoms with Gasteiger partial charge in [-0.25, -0.2) is 19.9 Å². The third kappa shape index (κ3) is 16.9. The van der Waals surface area contributed by atoms with Crippen molar-refractivity contribution in [3.63, 3.8) is 0 Å². The molecule has 6 heterocycles. The van der Waals surface area contributed by atoms with Gasteiger partial charge in [0.05, 0.1) is 0 Å². The van der Waals surface area contributed by atoms with Crippen molar-refractivity contribution in [2.75, 3.05) is 19.6 Å². The monoisotopic (exact) mass is 1460 g/mol. The molecule has 436 valence electrons. The van der Waals surface area contributed by atoms with Gasteiger partial charge in [-0.2, -0.15) is 36.4 Å². The maximum absolute atomic E-state index is 8.70. The molecule has 4 aromatic heterocycles. The minimum atomic E-state index is 0. The Labute approximate surface area is 520 Å². The Morgan fingerprint density at radius 1 is 0.427 bits per heavy atom. The van der Waals surface area contributed by atoms with E-state index in [1.807, 2.05) is 62.6 Å². The molecule has 0 atom stereocenters. The first kappa shape index (κ1) is 66.5. The van der Waals surface area contributed by atoms with E-state index in [-0.39, 0.29) is 75.6 Å². The van der Waals surface area contributed by atoms with E-state index >= 15 is 0 Å². The van der Waals surface area contributed by atoms with Gasteiger partial charge in [0.1, 0.15) is 11.6 Å². The molecule has 0 fully saturated rings. The number of aromatic nitrogens is 4. The number of aryl methyl sites for hydroxylation is 2. The minimum absolute atomic E-state index is 0. The number of benzene rings is 4. The molecule has 10 rings (SSSR count). The van der Waals surface area contributed by atoms with Gasteiger partial charge in [0.2, 0.25) is 11.8 Å². The van der Waals surface area contributed by atoms with Crippen LogP contribution in [0.2, 0.25) is 0 Å². The fourth-order valence-electron chi connectivity index (χ4n) is 9.13. The Morgan fingerprint density at radius 3 is 1.02 bits per heavy atom. The number of hydrogen-bond donors (Lipinski definition) is 2. The maximum atomic E-state index is 8.70. The van der Waals surface area contributed by atoms with Crippen LogP contribution < -0.4 is 19.6 Å². The molecule has 0 aliphatic carbocycles. The van der Waals surface area contributed by atoms with Gasteiger partial charge in [0.25, 0.3) is 0 Å². The minimum Gasteiger partial charge on any atom is -0.498 e. The van der Waals surface area contributed by atoms with Crippen LogP contribution in [0.25, 0.3) is 22.3 Å². The van der Waals surface area contributed by atoms with Crippen LogP contribution in [0, 0.1) is 39.3 Å². The zero-order valence-electron chi connectivity index (χ0n) is 51.3. The van der Waals surface area contributed by atoms with Gasteiger partial charge in [-0.15, -0.1) is 48.0 Å². The number of hydrogen-bond acceptors (Lipinski definition) is 10. The van der Waals surface area contributed by atoms with Gasteiger partial charge in [0, 0.05) is 47.3 Å². The van der Waals surface area contributed by atoms with Crippen LogP contribution >= 0.6 is 0 Å². The van der Waals surface area contributed by atoms with Gasteiger partial charge in [-0.3, -0.25) is 0 Å². The average Bonchev–Trinajstić information content (AvgIpc) is 3.99. The normalized spacial score (nSPS) is 12.9. The van der Waals surface area contributed by atoms with Gasteiger partial charge in [0.15, 0.2) is 0 Å². The molecule has 2 aliphatic heterocycles. The Balaban J connectivity index is 0.000000232. The van der Waals surface area contributed by atoms with E-state index in [1.54, 1.807) is 24.3 Å². The smallest absolute Gasteiger partial charge is 0.498 e. The van der Waals surface area contributed by atoms with E-state index < -0.39 is 0 Å². The second-order valence-corrected chi connectivity index (χ2v) is 25.5. The Morgan fingerprint density at radius 2 is 0.756 bits per heavy atom. The molecule has 2 aliphatic rings. The van der Waals surface area contributed by atoms with Gasteiger partial charge < -0.3 is 29.8 Å². The third-order valence-corrected chi connectivity index (χ3v) is 14.0. The number of fused-ring (bicyclic) bond motifs is 2. The molecule has 82 heavy (non-hydrogen) atoms. The first-order chi connectivity index (χ1) is 37.5. The second kappa shape index (κ2) is 27.4. The summed E-state index contributed by atoms with van der Waals surface area (Å²) < 4.78 is 0. The van der Waals surface area contributed by atoms with Gasteiger partial charge in [-0.05, 0) is 145 Å². The van der Waals surface area contributed by atoms with Crippen LogP contribution in [0.3, 0.4) is 0 Å². The predicted molar refractivity (Wildman–Crippen MR) is 334 cm³/mol. The van der Waals surface area contributed by atoms with Crippen molar-refractivity contribution in [2.45, 2.75) is 158 Å². The molecule has 0 amide bonds. The SMILES string of the molecule is CC(C)N1[CH-]N(c2[c-]ccc(-c3cc(C(C)(C)C)cc(C(C)(C)C)c3)c2)c2ncccc21.CC(C)N1[CH-]N(c2[c-]ccc(-c3cc(C(C)(C)C)cc(C(C)(C)C)c3)c2)c2ncccc21.Cc1cccc(O)n1.Cc1cccc(O)n1.[Pt+2].[Pt+2]. The van der Waals surface area contributed by atoms with Crippen molar-refractivity contribution < 1.29 is 52.3 Å². The molecule has 0 saturated heterocycles. The van der Waals surface area contributed by atoms with E-state index in [4.69, 9.17) is 10.2 Å². The number of nitrogens with zero attached hydrogens (tertiary/aromatic N) is 8. The molecule has 2 N–H and O–H groups in total. The van der Waals surface area contributed by atoms with Crippen LogP contribution in [0.4, 0.5) is 34.4 Å². The van der Waals surface area contributed by atoms with Crippen molar-refractivity contribution in [2.24, 2.45) is 0 Å². The van der Waals surface area contributed by atoms with E-state index in [9.17, 15) is 0 Å². The summed E-state index contributed by atoms with van der Waals surface area (Å²) in [5, 5.41) is 17.4. The van der Waals surface area contributed by atoms with Crippen molar-refractivity contribution in [1.29, 1.82) is 0 Å². The number of rotatable bonds is 6. The summed E-state index contributed by atoms with van der Waals surface area (Å²) in [6.45, 7) is 44.1. The fourth-order valence-corrected chi connectivity index (χ4v) is 9.13. The van der Waals surface area contributed by atoms with Crippen LogP contribution in [-0.2, 0) is 63.8 Å². The largest absolute Gasteiger partial charge is 2.00 e. The Kier molecular flexibility index (Phi) is 22.2. The van der Waals surface area contributed by atoms with Crippen molar-refractivity contribution >= 4 is 34.4 Å². The summed E-state index contributed by atoms with van der Waals surface area (Å²) in [4.78, 5) is 25.6. The standard InChI is InChI=1S/2C29H35N3.2C6H7NO.2Pt/c2*1-20(2)31-19-32(27-26(31)13-10-14-30-27)25-12-9-11-21(17-25)22-15-23(28(3,4)5)18-24(16-22)29(6,7)8;2*1-5-3-2-4-6(8)7-5;;/h2*9-11,13-20H,1-8H3;2*2-4H,1H3,(H,7,8);;/q2*-2;;;2*+2. The fraction of sp³-hybridized carbons (Fsp3) is 0.343. The summed E-state index contributed by atoms with van der Waals surface area (Å²) >= 11 is 0. The van der Waals surface area contributed by atoms with E-state index in [2.05, 4.69) is 249 Å². The summed E-state index contributed by atoms with van der Waals surface area (Å²) in [5.41, 5.74) is 16.6. The van der Waals surface area contributed by atoms with Crippen LogP contribution in [0.1, 0.15) is 144 Å². The molecule has 0 saturated carbocycles. The molecule has 12 heteroatoms. The summed E-state index contributed by atoms with van der Waals surface area (Å²) in [6.07, 6.45) is 3.71. The molecule has 0 spiro atoms. The quantitative estimate of drug-likeness (QED) is 0.156. The molecule has 8 aromatic rings. The molecule has 4 aromatic carbocycles. The van der Waals surface area contributed by atoms with E-state index in [0.29, 0.717) is 12.1 Å². The molecule has 0 bridgehead atoms. The molecule has 0 radical (unpaired) electrons. The number of aromatic hydroxyl groups is 2. The van der Waals surface area contributed by atoms with Gasteiger partial charge in [-0.1, -0.05) is 132 Å². The summed E-state index contributed by atoms with van der Waals surface area (Å²) in [5.74, 6) is 2.08. The van der Waals surface area contributed by atoms with Crippen molar-refractivity contribution in [1.82, 2.24) is 19.9 Å². The number of pyridine rings is 4. The second-order valence-electron chi connectivity index (χ2n) is 25.5. The topological polar surface area (TPSA) is 105 Å². The van der Waals surface area contributed by atoms with Crippen LogP contribution in [-0.4, -0.2) is 42.2 Å². The third-order valence-electron chi connectivity index (χ3n) is 14.0. The molecular weight excluding hydrogens is 1370 g/mol. The number of anilines is 6. The van der Waals surface area contributed by atoms with Crippen LogP contribution in [0.15, 0.2) is 146 Å². The zero-order chi connectivity index (χ0) is 58.5. The van der Waals surface area contributed by atoms with Crippen molar-refractivity contribution in [3.05, 3.63) is 205 Å². The van der Waals surface area contributed by atoms with E-state index in [0.717, 1.165) is 45.8 Å². The zero-order valence-corrected chi connectivity index (χ0v) is 55.8. The van der Waals surface area contributed by atoms with Crippen LogP contribution in [0.5, 0.6) is 11.8 Å². The molecule has 10 nitrogen and oxygen atoms in total. The molecule has 0 unspecified atom stereocenters. The Hall–Kier alpha value is -6.34. The maximum Gasteiger partial charge on any atom is 2.00 e. The average molecular weight is 1460 g/mol. The Bertz CT molecular complexity index is 3060. The predicted octanol–water partition coefficient (Wildman–Crippen LogP) is 17.4. The molecular formula is C70H84N8O2Pt2.